The summed E-state index contributed by atoms with van der Waals surface area (Å²) in [6.45, 7) is 9.49. The molecule has 2 heterocycles. The van der Waals surface area contributed by atoms with E-state index in [9.17, 15) is 0 Å². The fraction of sp³-hybridized carbons (Fsp3) is 0.647. The topological polar surface area (TPSA) is 6.48 Å². The van der Waals surface area contributed by atoms with E-state index in [0.29, 0.717) is 5.92 Å². The summed E-state index contributed by atoms with van der Waals surface area (Å²) in [6.07, 6.45) is 1.39. The average Bonchev–Trinajstić information content (AvgIpc) is 2.91. The van der Waals surface area contributed by atoms with Crippen molar-refractivity contribution in [3.63, 3.8) is 0 Å². The van der Waals surface area contributed by atoms with Crippen molar-refractivity contribution in [2.24, 2.45) is 5.92 Å². The molecule has 0 bridgehead atoms. The molecule has 2 unspecified atom stereocenters. The van der Waals surface area contributed by atoms with Gasteiger partial charge in [-0.2, -0.15) is 0 Å². The Morgan fingerprint density at radius 1 is 1.16 bits per heavy atom. The first-order valence-corrected chi connectivity index (χ1v) is 7.65. The third-order valence-electron chi connectivity index (χ3n) is 4.88. The van der Waals surface area contributed by atoms with Crippen LogP contribution in [0.1, 0.15) is 37.3 Å². The van der Waals surface area contributed by atoms with Crippen molar-refractivity contribution >= 4 is 0 Å². The van der Waals surface area contributed by atoms with Crippen LogP contribution < -0.4 is 0 Å². The van der Waals surface area contributed by atoms with Crippen LogP contribution in [0.4, 0.5) is 0 Å². The summed E-state index contributed by atoms with van der Waals surface area (Å²) in [5, 5.41) is 0. The molecule has 104 valence electrons. The lowest BCUT2D eigenvalue weighted by Gasteiger charge is -2.24. The predicted octanol–water partition coefficient (Wildman–Crippen LogP) is 2.95. The Labute approximate surface area is 117 Å². The van der Waals surface area contributed by atoms with Crippen LogP contribution in [0.2, 0.25) is 0 Å². The van der Waals surface area contributed by atoms with E-state index in [1.165, 1.54) is 37.2 Å². The molecule has 2 heteroatoms. The maximum Gasteiger partial charge on any atom is 0.0267 e. The van der Waals surface area contributed by atoms with Crippen molar-refractivity contribution < 1.29 is 0 Å². The summed E-state index contributed by atoms with van der Waals surface area (Å²) in [5.74, 6) is 1.55. The van der Waals surface area contributed by atoms with Gasteiger partial charge in [-0.1, -0.05) is 38.1 Å². The minimum absolute atomic E-state index is 0.633. The van der Waals surface area contributed by atoms with E-state index in [1.807, 2.05) is 0 Å². The summed E-state index contributed by atoms with van der Waals surface area (Å²) in [4.78, 5) is 5.18. The van der Waals surface area contributed by atoms with Crippen molar-refractivity contribution in [3.05, 3.63) is 35.4 Å². The summed E-state index contributed by atoms with van der Waals surface area (Å²) in [7, 11) is 2.26. The van der Waals surface area contributed by atoms with Gasteiger partial charge in [0.1, 0.15) is 0 Å². The molecular weight excluding hydrogens is 232 g/mol. The molecule has 0 aliphatic carbocycles. The van der Waals surface area contributed by atoms with E-state index in [-0.39, 0.29) is 0 Å². The molecule has 0 amide bonds. The monoisotopic (exact) mass is 258 g/mol. The van der Waals surface area contributed by atoms with Crippen LogP contribution in [0.3, 0.4) is 0 Å². The molecule has 2 nitrogen and oxygen atoms in total. The lowest BCUT2D eigenvalue weighted by atomic mass is 10.0. The van der Waals surface area contributed by atoms with Crippen LogP contribution in [0.5, 0.6) is 0 Å². The van der Waals surface area contributed by atoms with Gasteiger partial charge in [0.2, 0.25) is 0 Å². The molecule has 0 N–H and O–H groups in total. The highest BCUT2D eigenvalue weighted by atomic mass is 15.3. The molecule has 0 saturated carbocycles. The van der Waals surface area contributed by atoms with E-state index in [4.69, 9.17) is 0 Å². The van der Waals surface area contributed by atoms with Crippen molar-refractivity contribution in [1.82, 2.24) is 9.80 Å². The Balaban J connectivity index is 1.65. The zero-order chi connectivity index (χ0) is 13.4. The smallest absolute Gasteiger partial charge is 0.0267 e. The average molecular weight is 258 g/mol. The Morgan fingerprint density at radius 2 is 1.89 bits per heavy atom. The van der Waals surface area contributed by atoms with Gasteiger partial charge in [-0.05, 0) is 43.0 Å². The van der Waals surface area contributed by atoms with Gasteiger partial charge in [-0.15, -0.1) is 0 Å². The van der Waals surface area contributed by atoms with Gasteiger partial charge in [0.25, 0.3) is 0 Å². The number of fused-ring (bicyclic) bond motifs is 1. The number of likely N-dealkylation sites (N-methyl/N-ethyl adjacent to an activating group) is 1. The summed E-state index contributed by atoms with van der Waals surface area (Å²) < 4.78 is 0. The number of benzene rings is 1. The normalized spacial score (nSPS) is 28.2. The van der Waals surface area contributed by atoms with E-state index < -0.39 is 0 Å². The molecule has 19 heavy (non-hydrogen) atoms. The van der Waals surface area contributed by atoms with Crippen LogP contribution in [-0.2, 0) is 6.54 Å². The van der Waals surface area contributed by atoms with E-state index in [1.54, 1.807) is 0 Å². The number of rotatable bonds is 3. The van der Waals surface area contributed by atoms with Crippen molar-refractivity contribution in [3.8, 4) is 0 Å². The second-order valence-electron chi connectivity index (χ2n) is 6.70. The Bertz CT molecular complexity index is 423. The Morgan fingerprint density at radius 3 is 2.58 bits per heavy atom. The van der Waals surface area contributed by atoms with E-state index >= 15 is 0 Å². The zero-order valence-corrected chi connectivity index (χ0v) is 12.5. The maximum absolute atomic E-state index is 2.69. The molecule has 2 aliphatic rings. The molecular formula is C17H26N2. The van der Waals surface area contributed by atoms with Gasteiger partial charge >= 0.3 is 0 Å². The number of hydrogen-bond donors (Lipinski definition) is 0. The molecule has 2 atom stereocenters. The first-order valence-electron chi connectivity index (χ1n) is 7.65. The quantitative estimate of drug-likeness (QED) is 0.822. The minimum atomic E-state index is 0.633. The third-order valence-corrected chi connectivity index (χ3v) is 4.88. The molecule has 2 aliphatic heterocycles. The van der Waals surface area contributed by atoms with Crippen LogP contribution >= 0.6 is 0 Å². The largest absolute Gasteiger partial charge is 0.304 e. The molecule has 2 saturated heterocycles. The first kappa shape index (κ1) is 13.1. The maximum atomic E-state index is 2.69. The highest BCUT2D eigenvalue weighted by molar-refractivity contribution is 5.24. The summed E-state index contributed by atoms with van der Waals surface area (Å²) in [5.41, 5.74) is 2.92. The van der Waals surface area contributed by atoms with E-state index in [2.05, 4.69) is 55.0 Å². The van der Waals surface area contributed by atoms with Crippen molar-refractivity contribution in [2.75, 3.05) is 26.7 Å². The second-order valence-corrected chi connectivity index (χ2v) is 6.70. The highest BCUT2D eigenvalue weighted by Crippen LogP contribution is 2.31. The van der Waals surface area contributed by atoms with Gasteiger partial charge in [0, 0.05) is 25.7 Å². The molecule has 3 rings (SSSR count). The molecule has 0 spiro atoms. The van der Waals surface area contributed by atoms with Crippen LogP contribution in [0.15, 0.2) is 24.3 Å². The standard InChI is InChI=1S/C17H26N2/c1-13(2)15-6-4-14(5-7-15)10-19-9-8-16-11-18(3)12-17(16)19/h4-7,13,16-17H,8-12H2,1-3H3. The summed E-state index contributed by atoms with van der Waals surface area (Å²) >= 11 is 0. The number of likely N-dealkylation sites (tertiary alicyclic amines) is 2. The van der Waals surface area contributed by atoms with Crippen molar-refractivity contribution in [1.29, 1.82) is 0 Å². The summed E-state index contributed by atoms with van der Waals surface area (Å²) in [6, 6.07) is 10.0. The lowest BCUT2D eigenvalue weighted by Crippen LogP contribution is -2.33. The van der Waals surface area contributed by atoms with Crippen LogP contribution in [0, 0.1) is 5.92 Å². The van der Waals surface area contributed by atoms with Gasteiger partial charge in [0.15, 0.2) is 0 Å². The fourth-order valence-corrected chi connectivity index (χ4v) is 3.70. The molecule has 0 radical (unpaired) electrons. The second kappa shape index (κ2) is 5.26. The first-order chi connectivity index (χ1) is 9.13. The van der Waals surface area contributed by atoms with Gasteiger partial charge in [-0.25, -0.2) is 0 Å². The van der Waals surface area contributed by atoms with Gasteiger partial charge < -0.3 is 4.90 Å². The van der Waals surface area contributed by atoms with Crippen molar-refractivity contribution in [2.45, 2.75) is 38.8 Å². The van der Waals surface area contributed by atoms with E-state index in [0.717, 1.165) is 18.5 Å². The number of nitrogens with zero attached hydrogens (tertiary/aromatic N) is 2. The SMILES string of the molecule is CC(C)c1ccc(CN2CCC3CN(C)CC32)cc1. The highest BCUT2D eigenvalue weighted by Gasteiger charge is 2.39. The molecule has 1 aromatic carbocycles. The fourth-order valence-electron chi connectivity index (χ4n) is 3.70. The molecule has 1 aromatic rings. The van der Waals surface area contributed by atoms with Gasteiger partial charge in [0.05, 0.1) is 0 Å². The molecule has 0 aromatic heterocycles. The predicted molar refractivity (Wildman–Crippen MR) is 80.3 cm³/mol. The number of hydrogen-bond acceptors (Lipinski definition) is 2. The van der Waals surface area contributed by atoms with Crippen LogP contribution in [-0.4, -0.2) is 42.5 Å². The Kier molecular flexibility index (Phi) is 3.64. The lowest BCUT2D eigenvalue weighted by molar-refractivity contribution is 0.228. The molecule has 2 fully saturated rings. The van der Waals surface area contributed by atoms with Crippen LogP contribution in [0.25, 0.3) is 0 Å². The minimum Gasteiger partial charge on any atom is -0.304 e. The zero-order valence-electron chi connectivity index (χ0n) is 12.5. The third kappa shape index (κ3) is 2.70. The van der Waals surface area contributed by atoms with Gasteiger partial charge in [-0.3, -0.25) is 4.90 Å². The Hall–Kier alpha value is -0.860.